The fourth-order valence-corrected chi connectivity index (χ4v) is 0. The van der Waals surface area contributed by atoms with Gasteiger partial charge in [0.25, 0.3) is 0 Å². The third kappa shape index (κ3) is 59100. The number of carboxylic acids is 2. The zero-order valence-electron chi connectivity index (χ0n) is 5.64. The van der Waals surface area contributed by atoms with E-state index in [1.165, 1.54) is 0 Å². The van der Waals surface area contributed by atoms with Crippen molar-refractivity contribution < 1.29 is 56.3 Å². The molecule has 0 bridgehead atoms. The van der Waals surface area contributed by atoms with Gasteiger partial charge in [-0.1, -0.05) is 0 Å². The molecule has 1 radical (unpaired) electrons. The average molecular weight is 247 g/mol. The number of hydrogen-bond acceptors (Lipinski definition) is 4. The molecular formula is C4H6CuO4Zn. The summed E-state index contributed by atoms with van der Waals surface area (Å²) in [5.74, 6) is -2.17. The van der Waals surface area contributed by atoms with Crippen LogP contribution in [-0.2, 0) is 46.1 Å². The van der Waals surface area contributed by atoms with E-state index in [2.05, 4.69) is 0 Å². The smallest absolute Gasteiger partial charge is 0.550 e. The molecule has 0 saturated carbocycles. The molecule has 0 aromatic heterocycles. The zero-order valence-corrected chi connectivity index (χ0v) is 9.55. The van der Waals surface area contributed by atoms with Crippen molar-refractivity contribution in [1.82, 2.24) is 0 Å². The molecule has 10 heavy (non-hydrogen) atoms. The van der Waals surface area contributed by atoms with E-state index in [9.17, 15) is 0 Å². The first kappa shape index (κ1) is 22.5. The third-order valence-electron chi connectivity index (χ3n) is 0. The largest absolute Gasteiger partial charge is 2.00 e. The van der Waals surface area contributed by atoms with E-state index >= 15 is 0 Å². The van der Waals surface area contributed by atoms with Crippen LogP contribution in [0.3, 0.4) is 0 Å². The average Bonchev–Trinajstić information content (AvgIpc) is 1.25. The fourth-order valence-electron chi connectivity index (χ4n) is 0. The quantitative estimate of drug-likeness (QED) is 0.443. The molecular weight excluding hydrogens is 241 g/mol. The van der Waals surface area contributed by atoms with Crippen LogP contribution in [0, 0.1) is 0 Å². The second-order valence-electron chi connectivity index (χ2n) is 0.983. The predicted octanol–water partition coefficient (Wildman–Crippen LogP) is -2.49. The van der Waals surface area contributed by atoms with Crippen molar-refractivity contribution in [3.63, 3.8) is 0 Å². The van der Waals surface area contributed by atoms with E-state index in [0.29, 0.717) is 0 Å². The van der Waals surface area contributed by atoms with Crippen LogP contribution >= 0.6 is 0 Å². The first-order valence-corrected chi connectivity index (χ1v) is 1.82. The van der Waals surface area contributed by atoms with Crippen LogP contribution in [-0.4, -0.2) is 11.9 Å². The van der Waals surface area contributed by atoms with Crippen molar-refractivity contribution in [3.8, 4) is 0 Å². The van der Waals surface area contributed by atoms with Gasteiger partial charge in [0.05, 0.1) is 0 Å². The Morgan fingerprint density at radius 2 is 1.00 bits per heavy atom. The maximum atomic E-state index is 8.89. The minimum atomic E-state index is -1.08. The van der Waals surface area contributed by atoms with Gasteiger partial charge in [-0.05, 0) is 13.8 Å². The molecule has 0 aromatic carbocycles. The van der Waals surface area contributed by atoms with Crippen LogP contribution in [0.15, 0.2) is 0 Å². The minimum Gasteiger partial charge on any atom is -0.550 e. The zero-order chi connectivity index (χ0) is 7.15. The number of aliphatic carboxylic acids is 2. The van der Waals surface area contributed by atoms with Gasteiger partial charge in [-0.25, -0.2) is 0 Å². The normalized spacial score (nSPS) is 5.00. The molecule has 0 heterocycles. The van der Waals surface area contributed by atoms with Crippen molar-refractivity contribution in [2.24, 2.45) is 0 Å². The van der Waals surface area contributed by atoms with Gasteiger partial charge in [0, 0.05) is 29.0 Å². The SMILES string of the molecule is CC(=O)[O-].CC(=O)[O-].[Cu].[Zn+2]. The van der Waals surface area contributed by atoms with E-state index < -0.39 is 11.9 Å². The molecule has 0 aromatic rings. The van der Waals surface area contributed by atoms with Gasteiger partial charge < -0.3 is 19.8 Å². The summed E-state index contributed by atoms with van der Waals surface area (Å²) in [4.78, 5) is 17.8. The second-order valence-corrected chi connectivity index (χ2v) is 0.983. The summed E-state index contributed by atoms with van der Waals surface area (Å²) in [7, 11) is 0. The Balaban J connectivity index is -0.0000000300. The van der Waals surface area contributed by atoms with Gasteiger partial charge in [-0.15, -0.1) is 0 Å². The molecule has 0 aliphatic heterocycles. The van der Waals surface area contributed by atoms with Gasteiger partial charge in [-0.2, -0.15) is 0 Å². The summed E-state index contributed by atoms with van der Waals surface area (Å²) >= 11 is 0. The number of carbonyl (C=O) groups is 2. The number of carboxylic acid groups (broad SMARTS) is 2. The monoisotopic (exact) mass is 245 g/mol. The topological polar surface area (TPSA) is 80.3 Å². The molecule has 0 fully saturated rings. The van der Waals surface area contributed by atoms with Gasteiger partial charge in [0.2, 0.25) is 0 Å². The van der Waals surface area contributed by atoms with Crippen LogP contribution < -0.4 is 10.2 Å². The van der Waals surface area contributed by atoms with E-state index in [1.807, 2.05) is 0 Å². The van der Waals surface area contributed by atoms with E-state index in [-0.39, 0.29) is 36.5 Å². The number of hydrogen-bond donors (Lipinski definition) is 0. The minimum absolute atomic E-state index is 0. The van der Waals surface area contributed by atoms with E-state index in [0.717, 1.165) is 13.8 Å². The standard InChI is InChI=1S/2C2H4O2.Cu.Zn/c2*1-2(3)4;;/h2*1H3,(H,3,4);;/q;;;+2/p-2. The molecule has 4 nitrogen and oxygen atoms in total. The van der Waals surface area contributed by atoms with Crippen molar-refractivity contribution >= 4 is 11.9 Å². The van der Waals surface area contributed by atoms with Crippen LogP contribution in [0.4, 0.5) is 0 Å². The molecule has 0 N–H and O–H groups in total. The molecule has 0 unspecified atom stereocenters. The van der Waals surface area contributed by atoms with Crippen molar-refractivity contribution in [2.75, 3.05) is 0 Å². The molecule has 0 aliphatic carbocycles. The summed E-state index contributed by atoms with van der Waals surface area (Å²) in [6.45, 7) is 1.94. The Hall–Kier alpha value is 0.0829. The van der Waals surface area contributed by atoms with Crippen LogP contribution in [0.25, 0.3) is 0 Å². The molecule has 0 aliphatic rings. The van der Waals surface area contributed by atoms with Gasteiger partial charge in [0.1, 0.15) is 0 Å². The fraction of sp³-hybridized carbons (Fsp3) is 0.500. The predicted molar refractivity (Wildman–Crippen MR) is 21.4 cm³/mol. The maximum Gasteiger partial charge on any atom is 2.00 e. The van der Waals surface area contributed by atoms with Crippen molar-refractivity contribution in [2.45, 2.75) is 13.8 Å². The van der Waals surface area contributed by atoms with Crippen molar-refractivity contribution in [1.29, 1.82) is 0 Å². The number of carbonyl (C=O) groups excluding carboxylic acids is 2. The second kappa shape index (κ2) is 16.0. The Morgan fingerprint density at radius 3 is 1.00 bits per heavy atom. The van der Waals surface area contributed by atoms with E-state index in [4.69, 9.17) is 19.8 Å². The Kier molecular flexibility index (Phi) is 36.1. The Labute approximate surface area is 82.2 Å². The Bertz CT molecular complexity index is 75.3. The van der Waals surface area contributed by atoms with E-state index in [1.54, 1.807) is 0 Å². The first-order chi connectivity index (χ1) is 3.46. The van der Waals surface area contributed by atoms with Gasteiger partial charge in [0.15, 0.2) is 0 Å². The van der Waals surface area contributed by atoms with Gasteiger partial charge >= 0.3 is 19.5 Å². The summed E-state index contributed by atoms with van der Waals surface area (Å²) < 4.78 is 0. The molecule has 59 valence electrons. The molecule has 0 spiro atoms. The summed E-state index contributed by atoms with van der Waals surface area (Å²) in [5.41, 5.74) is 0. The van der Waals surface area contributed by atoms with Crippen LogP contribution in [0.1, 0.15) is 13.8 Å². The summed E-state index contributed by atoms with van der Waals surface area (Å²) in [6, 6.07) is 0. The molecule has 0 saturated heterocycles. The first-order valence-electron chi connectivity index (χ1n) is 1.82. The van der Waals surface area contributed by atoms with Gasteiger partial charge in [-0.3, -0.25) is 0 Å². The molecule has 6 heteroatoms. The van der Waals surface area contributed by atoms with Crippen molar-refractivity contribution in [3.05, 3.63) is 0 Å². The number of rotatable bonds is 0. The van der Waals surface area contributed by atoms with Crippen LogP contribution in [0.2, 0.25) is 0 Å². The molecule has 0 amide bonds. The molecule has 0 atom stereocenters. The third-order valence-corrected chi connectivity index (χ3v) is 0. The summed E-state index contributed by atoms with van der Waals surface area (Å²) in [6.07, 6.45) is 0. The summed E-state index contributed by atoms with van der Waals surface area (Å²) in [5, 5.41) is 17.8. The maximum absolute atomic E-state index is 8.89. The van der Waals surface area contributed by atoms with Crippen LogP contribution in [0.5, 0.6) is 0 Å². The Morgan fingerprint density at radius 1 is 1.00 bits per heavy atom. The molecule has 0 rings (SSSR count).